The molecule has 7 heteroatoms. The Morgan fingerprint density at radius 1 is 1.19 bits per heavy atom. The highest BCUT2D eigenvalue weighted by Crippen LogP contribution is 2.29. The molecule has 27 heavy (non-hydrogen) atoms. The van der Waals surface area contributed by atoms with E-state index in [1.54, 1.807) is 32.9 Å². The number of carboxylic acids is 1. The van der Waals surface area contributed by atoms with Crippen molar-refractivity contribution in [1.29, 1.82) is 0 Å². The molecule has 0 aliphatic rings. The van der Waals surface area contributed by atoms with Crippen molar-refractivity contribution in [1.82, 2.24) is 5.32 Å². The Balaban J connectivity index is 2.26. The van der Waals surface area contributed by atoms with Gasteiger partial charge in [-0.3, -0.25) is 4.79 Å². The summed E-state index contributed by atoms with van der Waals surface area (Å²) in [6.07, 6.45) is 0.0684. The van der Waals surface area contributed by atoms with Crippen LogP contribution in [0.3, 0.4) is 0 Å². The first-order valence-electron chi connectivity index (χ1n) is 8.90. The maximum Gasteiger partial charge on any atom is 0.339 e. The van der Waals surface area contributed by atoms with Gasteiger partial charge in [0.25, 0.3) is 5.91 Å². The van der Waals surface area contributed by atoms with Gasteiger partial charge >= 0.3 is 11.6 Å². The van der Waals surface area contributed by atoms with Crippen LogP contribution in [0.2, 0.25) is 0 Å². The molecule has 0 saturated heterocycles. The molecule has 1 amide bonds. The summed E-state index contributed by atoms with van der Waals surface area (Å²) in [7, 11) is 0. The Labute approximate surface area is 157 Å². The number of hydrogen-bond donors (Lipinski definition) is 2. The van der Waals surface area contributed by atoms with Gasteiger partial charge in [-0.15, -0.1) is 0 Å². The summed E-state index contributed by atoms with van der Waals surface area (Å²) in [6.45, 7) is 8.70. The molecule has 146 valence electrons. The number of carboxylic acid groups (broad SMARTS) is 1. The number of aliphatic carboxylic acids is 1. The van der Waals surface area contributed by atoms with Gasteiger partial charge in [-0.05, 0) is 51.8 Å². The minimum atomic E-state index is -1.08. The molecule has 1 heterocycles. The lowest BCUT2D eigenvalue weighted by Crippen LogP contribution is -2.46. The van der Waals surface area contributed by atoms with Gasteiger partial charge in [-0.2, -0.15) is 0 Å². The molecule has 0 saturated carbocycles. The molecule has 2 rings (SSSR count). The molecule has 1 aromatic heterocycles. The monoisotopic (exact) mass is 375 g/mol. The van der Waals surface area contributed by atoms with Crippen molar-refractivity contribution < 1.29 is 23.8 Å². The molecule has 1 aromatic carbocycles. The molecule has 0 aliphatic carbocycles. The summed E-state index contributed by atoms with van der Waals surface area (Å²) in [5.74, 6) is -1.19. The first-order valence-corrected chi connectivity index (χ1v) is 8.90. The van der Waals surface area contributed by atoms with E-state index in [4.69, 9.17) is 14.3 Å². The van der Waals surface area contributed by atoms with Gasteiger partial charge in [0.15, 0.2) is 6.10 Å². The SMILES string of the molecule is CCC[C@H](NC(=O)[C@H](C)Oc1ccc2c(C)c(C)c(=O)oc2c1C)C(=O)O. The Bertz CT molecular complexity index is 930. The van der Waals surface area contributed by atoms with E-state index in [1.807, 2.05) is 13.8 Å². The number of rotatable bonds is 7. The smallest absolute Gasteiger partial charge is 0.339 e. The summed E-state index contributed by atoms with van der Waals surface area (Å²) in [6, 6.07) is 2.55. The maximum absolute atomic E-state index is 12.3. The lowest BCUT2D eigenvalue weighted by Gasteiger charge is -2.20. The van der Waals surface area contributed by atoms with E-state index in [1.165, 1.54) is 0 Å². The zero-order valence-corrected chi connectivity index (χ0v) is 16.2. The highest BCUT2D eigenvalue weighted by molar-refractivity contribution is 5.87. The third kappa shape index (κ3) is 4.30. The Morgan fingerprint density at radius 3 is 2.44 bits per heavy atom. The predicted octanol–water partition coefficient (Wildman–Crippen LogP) is 2.86. The second-order valence-corrected chi connectivity index (χ2v) is 6.65. The second kappa shape index (κ2) is 8.24. The van der Waals surface area contributed by atoms with Crippen molar-refractivity contribution >= 4 is 22.8 Å². The summed E-state index contributed by atoms with van der Waals surface area (Å²) in [4.78, 5) is 35.5. The molecule has 0 unspecified atom stereocenters. The molecule has 2 aromatic rings. The van der Waals surface area contributed by atoms with Crippen molar-refractivity contribution in [3.05, 3.63) is 39.2 Å². The van der Waals surface area contributed by atoms with Crippen LogP contribution in [0.4, 0.5) is 0 Å². The van der Waals surface area contributed by atoms with Gasteiger partial charge in [0, 0.05) is 16.5 Å². The molecule has 0 aliphatic heterocycles. The zero-order valence-electron chi connectivity index (χ0n) is 16.2. The summed E-state index contributed by atoms with van der Waals surface area (Å²) in [5, 5.41) is 12.5. The van der Waals surface area contributed by atoms with Crippen LogP contribution in [0.25, 0.3) is 11.0 Å². The highest BCUT2D eigenvalue weighted by Gasteiger charge is 2.24. The van der Waals surface area contributed by atoms with Crippen molar-refractivity contribution in [2.75, 3.05) is 0 Å². The van der Waals surface area contributed by atoms with E-state index in [0.717, 1.165) is 10.9 Å². The second-order valence-electron chi connectivity index (χ2n) is 6.65. The van der Waals surface area contributed by atoms with Gasteiger partial charge in [0.2, 0.25) is 0 Å². The Morgan fingerprint density at radius 2 is 1.85 bits per heavy atom. The molecular weight excluding hydrogens is 350 g/mol. The largest absolute Gasteiger partial charge is 0.480 e. The van der Waals surface area contributed by atoms with Crippen LogP contribution in [0.1, 0.15) is 43.4 Å². The van der Waals surface area contributed by atoms with Gasteiger partial charge in [0.05, 0.1) is 0 Å². The van der Waals surface area contributed by atoms with Crippen LogP contribution in [0.5, 0.6) is 5.75 Å². The number of fused-ring (bicyclic) bond motifs is 1. The zero-order chi connectivity index (χ0) is 20.3. The van der Waals surface area contributed by atoms with Gasteiger partial charge in [-0.1, -0.05) is 13.3 Å². The fourth-order valence-corrected chi connectivity index (χ4v) is 2.83. The van der Waals surface area contributed by atoms with E-state index in [9.17, 15) is 14.4 Å². The van der Waals surface area contributed by atoms with Gasteiger partial charge in [-0.25, -0.2) is 9.59 Å². The first-order chi connectivity index (χ1) is 12.7. The lowest BCUT2D eigenvalue weighted by atomic mass is 10.0. The van der Waals surface area contributed by atoms with Gasteiger partial charge < -0.3 is 19.6 Å². The van der Waals surface area contributed by atoms with Crippen LogP contribution < -0.4 is 15.7 Å². The maximum atomic E-state index is 12.3. The Kier molecular flexibility index (Phi) is 6.25. The number of carbonyl (C=O) groups excluding carboxylic acids is 1. The van der Waals surface area contributed by atoms with E-state index < -0.39 is 29.6 Å². The number of benzene rings is 1. The van der Waals surface area contributed by atoms with Crippen LogP contribution in [-0.4, -0.2) is 29.1 Å². The van der Waals surface area contributed by atoms with E-state index in [0.29, 0.717) is 35.3 Å². The molecular formula is C20H25NO6. The molecule has 0 fully saturated rings. The van der Waals surface area contributed by atoms with Crippen LogP contribution in [-0.2, 0) is 9.59 Å². The van der Waals surface area contributed by atoms with Crippen LogP contribution in [0, 0.1) is 20.8 Å². The number of carbonyl (C=O) groups is 2. The topological polar surface area (TPSA) is 106 Å². The summed E-state index contributed by atoms with van der Waals surface area (Å²) >= 11 is 0. The van der Waals surface area contributed by atoms with Crippen molar-refractivity contribution in [3.63, 3.8) is 0 Å². The van der Waals surface area contributed by atoms with E-state index >= 15 is 0 Å². The molecule has 7 nitrogen and oxygen atoms in total. The normalized spacial score (nSPS) is 13.2. The third-order valence-electron chi connectivity index (χ3n) is 4.69. The average molecular weight is 375 g/mol. The lowest BCUT2D eigenvalue weighted by molar-refractivity contribution is -0.143. The number of aryl methyl sites for hydroxylation is 2. The van der Waals surface area contributed by atoms with Crippen molar-refractivity contribution in [2.24, 2.45) is 0 Å². The quantitative estimate of drug-likeness (QED) is 0.721. The molecule has 2 atom stereocenters. The fourth-order valence-electron chi connectivity index (χ4n) is 2.83. The average Bonchev–Trinajstić information content (AvgIpc) is 2.62. The van der Waals surface area contributed by atoms with E-state index in [-0.39, 0.29) is 0 Å². The summed E-state index contributed by atoms with van der Waals surface area (Å²) < 4.78 is 11.1. The summed E-state index contributed by atoms with van der Waals surface area (Å²) in [5.41, 5.74) is 2.01. The molecule has 0 spiro atoms. The fraction of sp³-hybridized carbons (Fsp3) is 0.450. The molecule has 0 radical (unpaired) electrons. The van der Waals surface area contributed by atoms with Gasteiger partial charge in [0.1, 0.15) is 17.4 Å². The van der Waals surface area contributed by atoms with Crippen LogP contribution in [0.15, 0.2) is 21.3 Å². The number of nitrogens with one attached hydrogen (secondary N) is 1. The standard InChI is InChI=1S/C20H25NO6/c1-6-7-15(19(23)24)21-18(22)13(5)26-16-9-8-14-10(2)11(3)20(25)27-17(14)12(16)4/h8-9,13,15H,6-7H2,1-5H3,(H,21,22)(H,23,24)/t13-,15-/m0/s1. The molecule has 2 N–H and O–H groups in total. The van der Waals surface area contributed by atoms with Crippen molar-refractivity contribution in [2.45, 2.75) is 59.6 Å². The highest BCUT2D eigenvalue weighted by atomic mass is 16.5. The number of hydrogen-bond acceptors (Lipinski definition) is 5. The van der Waals surface area contributed by atoms with E-state index in [2.05, 4.69) is 5.32 Å². The van der Waals surface area contributed by atoms with Crippen LogP contribution >= 0.6 is 0 Å². The third-order valence-corrected chi connectivity index (χ3v) is 4.69. The minimum absolute atomic E-state index is 0.340. The number of amides is 1. The number of ether oxygens (including phenoxy) is 1. The Hall–Kier alpha value is -2.83. The first kappa shape index (κ1) is 20.5. The predicted molar refractivity (Wildman–Crippen MR) is 101 cm³/mol. The minimum Gasteiger partial charge on any atom is -0.480 e. The molecule has 0 bridgehead atoms. The van der Waals surface area contributed by atoms with Crippen molar-refractivity contribution in [3.8, 4) is 5.75 Å².